The van der Waals surface area contributed by atoms with Gasteiger partial charge in [-0.05, 0) is 49.5 Å². The van der Waals surface area contributed by atoms with Crippen molar-refractivity contribution in [2.75, 3.05) is 12.4 Å². The van der Waals surface area contributed by atoms with Crippen LogP contribution in [0.2, 0.25) is 0 Å². The minimum absolute atomic E-state index is 0.0459. The lowest BCUT2D eigenvalue weighted by Gasteiger charge is -2.23. The van der Waals surface area contributed by atoms with Crippen molar-refractivity contribution in [3.8, 4) is 0 Å². The zero-order chi connectivity index (χ0) is 19.1. The monoisotopic (exact) mass is 389 g/mol. The number of thiophene rings is 1. The van der Waals surface area contributed by atoms with Crippen molar-refractivity contribution < 1.29 is 24.2 Å². The molecule has 0 aliphatic heterocycles. The van der Waals surface area contributed by atoms with Crippen LogP contribution in [0, 0.1) is 23.7 Å². The number of carbonyl (C=O) groups is 3. The van der Waals surface area contributed by atoms with Crippen LogP contribution in [-0.4, -0.2) is 30.1 Å². The number of methoxy groups -OCH3 is 1. The van der Waals surface area contributed by atoms with Gasteiger partial charge in [-0.15, -0.1) is 11.3 Å². The van der Waals surface area contributed by atoms with Gasteiger partial charge >= 0.3 is 11.9 Å². The number of carbonyl (C=O) groups excluding carboxylic acids is 2. The number of amides is 1. The molecular weight excluding hydrogens is 366 g/mol. The Bertz CT molecular complexity index is 827. The van der Waals surface area contributed by atoms with Gasteiger partial charge in [-0.3, -0.25) is 9.59 Å². The maximum atomic E-state index is 13.0. The molecule has 1 saturated carbocycles. The van der Waals surface area contributed by atoms with E-state index in [1.807, 2.05) is 12.2 Å². The second-order valence-electron chi connectivity index (χ2n) is 7.59. The molecule has 1 fully saturated rings. The minimum atomic E-state index is -0.929. The van der Waals surface area contributed by atoms with E-state index < -0.39 is 23.8 Å². The van der Waals surface area contributed by atoms with E-state index in [0.29, 0.717) is 17.0 Å². The highest BCUT2D eigenvalue weighted by atomic mass is 32.1. The van der Waals surface area contributed by atoms with Crippen molar-refractivity contribution in [3.05, 3.63) is 28.2 Å². The highest BCUT2D eigenvalue weighted by Gasteiger charge is 2.51. The minimum Gasteiger partial charge on any atom is -0.481 e. The third kappa shape index (κ3) is 3.08. The number of aryl methyl sites for hydroxylation is 1. The van der Waals surface area contributed by atoms with Gasteiger partial charge in [-0.25, -0.2) is 4.79 Å². The molecule has 4 rings (SSSR count). The number of ether oxygens (including phenoxy) is 1. The van der Waals surface area contributed by atoms with Gasteiger partial charge in [0.1, 0.15) is 5.00 Å². The van der Waals surface area contributed by atoms with Gasteiger partial charge in [0.25, 0.3) is 0 Å². The van der Waals surface area contributed by atoms with Crippen molar-refractivity contribution in [3.63, 3.8) is 0 Å². The first-order chi connectivity index (χ1) is 13.0. The third-order valence-electron chi connectivity index (χ3n) is 6.09. The van der Waals surface area contributed by atoms with Crippen molar-refractivity contribution in [1.29, 1.82) is 0 Å². The normalized spacial score (nSPS) is 28.5. The molecule has 4 atom stereocenters. The quantitative estimate of drug-likeness (QED) is 0.468. The number of carboxylic acids is 1. The van der Waals surface area contributed by atoms with E-state index in [0.717, 1.165) is 42.5 Å². The van der Waals surface area contributed by atoms with E-state index >= 15 is 0 Å². The summed E-state index contributed by atoms with van der Waals surface area (Å²) >= 11 is 1.44. The molecule has 0 saturated heterocycles. The molecule has 0 radical (unpaired) electrons. The first-order valence-electron chi connectivity index (χ1n) is 9.46. The number of hydrogen-bond donors (Lipinski definition) is 2. The van der Waals surface area contributed by atoms with Crippen molar-refractivity contribution in [2.45, 2.75) is 38.5 Å². The SMILES string of the molecule is COC(=O)c1c(NC(=O)C2C3C=CC(C3)C2C(=O)O)sc2c1CCCCC2. The second kappa shape index (κ2) is 7.11. The molecule has 1 amide bonds. The standard InChI is InChI=1S/C20H23NO5S/c1-26-20(25)16-12-5-3-2-4-6-13(12)27-18(16)21-17(22)14-10-7-8-11(9-10)15(14)19(23)24/h7-8,10-11,14-15H,2-6,9H2,1H3,(H,21,22)(H,23,24). The van der Waals surface area contributed by atoms with E-state index in [-0.39, 0.29) is 17.7 Å². The summed E-state index contributed by atoms with van der Waals surface area (Å²) in [4.78, 5) is 38.2. The van der Waals surface area contributed by atoms with Gasteiger partial charge in [0, 0.05) is 4.88 Å². The molecule has 1 aromatic rings. The summed E-state index contributed by atoms with van der Waals surface area (Å²) in [5.41, 5.74) is 1.44. The lowest BCUT2D eigenvalue weighted by Crippen LogP contribution is -2.36. The molecule has 7 heteroatoms. The topological polar surface area (TPSA) is 92.7 Å². The maximum Gasteiger partial charge on any atom is 0.341 e. The van der Waals surface area contributed by atoms with Crippen LogP contribution in [0.15, 0.2) is 12.2 Å². The molecule has 4 unspecified atom stereocenters. The average Bonchev–Trinajstić information content (AvgIpc) is 3.30. The molecule has 1 heterocycles. The van der Waals surface area contributed by atoms with Gasteiger partial charge in [-0.2, -0.15) is 0 Å². The molecule has 1 aromatic heterocycles. The van der Waals surface area contributed by atoms with Gasteiger partial charge in [-0.1, -0.05) is 18.6 Å². The molecule has 2 N–H and O–H groups in total. The molecule has 0 aromatic carbocycles. The van der Waals surface area contributed by atoms with Crippen LogP contribution in [0.3, 0.4) is 0 Å². The van der Waals surface area contributed by atoms with Crippen molar-refractivity contribution in [1.82, 2.24) is 0 Å². The molecule has 6 nitrogen and oxygen atoms in total. The van der Waals surface area contributed by atoms with Crippen LogP contribution in [0.5, 0.6) is 0 Å². The fourth-order valence-corrected chi connectivity index (χ4v) is 6.14. The van der Waals surface area contributed by atoms with Crippen LogP contribution in [0.25, 0.3) is 0 Å². The first-order valence-corrected chi connectivity index (χ1v) is 10.3. The Kier molecular flexibility index (Phi) is 4.80. The van der Waals surface area contributed by atoms with Gasteiger partial charge in [0.2, 0.25) is 5.91 Å². The molecular formula is C20H23NO5S. The van der Waals surface area contributed by atoms with Crippen molar-refractivity contribution >= 4 is 34.2 Å². The number of aliphatic carboxylic acids is 1. The number of fused-ring (bicyclic) bond motifs is 3. The summed E-state index contributed by atoms with van der Waals surface area (Å²) < 4.78 is 4.97. The fraction of sp³-hybridized carbons (Fsp3) is 0.550. The van der Waals surface area contributed by atoms with Crippen LogP contribution in [0.1, 0.15) is 46.5 Å². The lowest BCUT2D eigenvalue weighted by atomic mass is 9.82. The Morgan fingerprint density at radius 1 is 1.11 bits per heavy atom. The van der Waals surface area contributed by atoms with Gasteiger partial charge in [0.15, 0.2) is 0 Å². The predicted octanol–water partition coefficient (Wildman–Crippen LogP) is 3.27. The Hall–Kier alpha value is -2.15. The summed E-state index contributed by atoms with van der Waals surface area (Å²) in [6, 6.07) is 0. The Morgan fingerprint density at radius 2 is 1.81 bits per heavy atom. The van der Waals surface area contributed by atoms with Crippen LogP contribution in [-0.2, 0) is 27.2 Å². The number of carboxylic acid groups (broad SMARTS) is 1. The number of hydrogen-bond acceptors (Lipinski definition) is 5. The predicted molar refractivity (Wildman–Crippen MR) is 101 cm³/mol. The highest BCUT2D eigenvalue weighted by molar-refractivity contribution is 7.17. The van der Waals surface area contributed by atoms with Crippen LogP contribution >= 0.6 is 11.3 Å². The summed E-state index contributed by atoms with van der Waals surface area (Å²) in [7, 11) is 1.34. The summed E-state index contributed by atoms with van der Waals surface area (Å²) in [6.07, 6.45) is 9.50. The lowest BCUT2D eigenvalue weighted by molar-refractivity contribution is -0.146. The number of anilines is 1. The first kappa shape index (κ1) is 18.2. The molecule has 27 heavy (non-hydrogen) atoms. The van der Waals surface area contributed by atoms with Gasteiger partial charge < -0.3 is 15.2 Å². The largest absolute Gasteiger partial charge is 0.481 e. The number of rotatable bonds is 4. The maximum absolute atomic E-state index is 13.0. The molecule has 144 valence electrons. The number of nitrogens with one attached hydrogen (secondary N) is 1. The van der Waals surface area contributed by atoms with Gasteiger partial charge in [0.05, 0.1) is 24.5 Å². The number of allylic oxidation sites excluding steroid dienone is 2. The van der Waals surface area contributed by atoms with E-state index in [2.05, 4.69) is 5.32 Å². The third-order valence-corrected chi connectivity index (χ3v) is 7.30. The molecule has 3 aliphatic rings. The average molecular weight is 389 g/mol. The van der Waals surface area contributed by atoms with E-state index in [1.165, 1.54) is 18.4 Å². The fourth-order valence-electron chi connectivity index (χ4n) is 4.86. The van der Waals surface area contributed by atoms with Crippen LogP contribution < -0.4 is 5.32 Å². The summed E-state index contributed by atoms with van der Waals surface area (Å²) in [6.45, 7) is 0. The summed E-state index contributed by atoms with van der Waals surface area (Å²) in [5.74, 6) is -3.08. The zero-order valence-corrected chi connectivity index (χ0v) is 16.0. The highest BCUT2D eigenvalue weighted by Crippen LogP contribution is 2.49. The Balaban J connectivity index is 1.64. The molecule has 2 bridgehead atoms. The van der Waals surface area contributed by atoms with E-state index in [4.69, 9.17) is 4.74 Å². The zero-order valence-electron chi connectivity index (χ0n) is 15.2. The Labute approximate surface area is 161 Å². The summed E-state index contributed by atoms with van der Waals surface area (Å²) in [5, 5.41) is 13.0. The van der Waals surface area contributed by atoms with E-state index in [1.54, 1.807) is 0 Å². The smallest absolute Gasteiger partial charge is 0.341 e. The number of esters is 1. The molecule has 3 aliphatic carbocycles. The van der Waals surface area contributed by atoms with Crippen molar-refractivity contribution in [2.24, 2.45) is 23.7 Å². The Morgan fingerprint density at radius 3 is 2.52 bits per heavy atom. The van der Waals surface area contributed by atoms with E-state index in [9.17, 15) is 19.5 Å². The van der Waals surface area contributed by atoms with Crippen LogP contribution in [0.4, 0.5) is 5.00 Å². The second-order valence-corrected chi connectivity index (χ2v) is 8.69. The molecule has 0 spiro atoms.